The number of esters is 1. The summed E-state index contributed by atoms with van der Waals surface area (Å²) in [5.74, 6) is -1.14. The summed E-state index contributed by atoms with van der Waals surface area (Å²) in [6.07, 6.45) is 4.11. The van der Waals surface area contributed by atoms with Crippen molar-refractivity contribution in [3.05, 3.63) is 23.3 Å². The summed E-state index contributed by atoms with van der Waals surface area (Å²) in [6.45, 7) is 7.97. The summed E-state index contributed by atoms with van der Waals surface area (Å²) in [5.41, 5.74) is 2.18. The van der Waals surface area contributed by atoms with Crippen molar-refractivity contribution in [1.82, 2.24) is 0 Å². The molecule has 0 aromatic heterocycles. The van der Waals surface area contributed by atoms with E-state index in [1.54, 1.807) is 0 Å². The van der Waals surface area contributed by atoms with Crippen molar-refractivity contribution in [1.29, 1.82) is 5.26 Å². The fourth-order valence-corrected chi connectivity index (χ4v) is 0.946. The van der Waals surface area contributed by atoms with Crippen molar-refractivity contribution in [2.45, 2.75) is 34.1 Å². The van der Waals surface area contributed by atoms with Gasteiger partial charge in [-0.2, -0.15) is 5.26 Å². The van der Waals surface area contributed by atoms with E-state index in [9.17, 15) is 4.79 Å². The van der Waals surface area contributed by atoms with Gasteiger partial charge in [-0.3, -0.25) is 4.79 Å². The van der Waals surface area contributed by atoms with Gasteiger partial charge in [0, 0.05) is 0 Å². The van der Waals surface area contributed by atoms with Crippen molar-refractivity contribution in [2.75, 3.05) is 6.61 Å². The lowest BCUT2D eigenvalue weighted by atomic mass is 10.1. The second-order valence-electron chi connectivity index (χ2n) is 4.11. The molecule has 88 valence electrons. The van der Waals surface area contributed by atoms with Gasteiger partial charge in [-0.25, -0.2) is 0 Å². The average Bonchev–Trinajstić information content (AvgIpc) is 2.17. The van der Waals surface area contributed by atoms with E-state index in [1.807, 2.05) is 45.9 Å². The lowest BCUT2D eigenvalue weighted by Gasteiger charge is -2.06. The number of hydrogen-bond acceptors (Lipinski definition) is 3. The molecule has 0 radical (unpaired) electrons. The van der Waals surface area contributed by atoms with Gasteiger partial charge in [0.2, 0.25) is 0 Å². The summed E-state index contributed by atoms with van der Waals surface area (Å²) >= 11 is 0. The fourth-order valence-electron chi connectivity index (χ4n) is 0.946. The van der Waals surface area contributed by atoms with Crippen molar-refractivity contribution in [3.63, 3.8) is 0 Å². The molecule has 0 saturated carbocycles. The molecule has 1 atom stereocenters. The third-order valence-corrected chi connectivity index (χ3v) is 1.92. The molecule has 0 aromatic carbocycles. The first-order valence-electron chi connectivity index (χ1n) is 5.30. The third kappa shape index (κ3) is 6.83. The van der Waals surface area contributed by atoms with E-state index < -0.39 is 11.9 Å². The molecule has 0 fully saturated rings. The molecule has 0 aromatic rings. The Morgan fingerprint density at radius 1 is 1.25 bits per heavy atom. The minimum absolute atomic E-state index is 0.244. The summed E-state index contributed by atoms with van der Waals surface area (Å²) in [4.78, 5) is 11.5. The highest BCUT2D eigenvalue weighted by Crippen LogP contribution is 2.08. The third-order valence-electron chi connectivity index (χ3n) is 1.92. The van der Waals surface area contributed by atoms with Gasteiger partial charge in [-0.05, 0) is 40.2 Å². The zero-order valence-corrected chi connectivity index (χ0v) is 10.4. The summed E-state index contributed by atoms with van der Waals surface area (Å²) in [6, 6.07) is 1.96. The van der Waals surface area contributed by atoms with Crippen molar-refractivity contribution in [2.24, 2.45) is 5.92 Å². The van der Waals surface area contributed by atoms with Gasteiger partial charge in [0.25, 0.3) is 0 Å². The van der Waals surface area contributed by atoms with Crippen LogP contribution < -0.4 is 0 Å². The van der Waals surface area contributed by atoms with Crippen LogP contribution in [0.3, 0.4) is 0 Å². The molecule has 0 aliphatic rings. The highest BCUT2D eigenvalue weighted by atomic mass is 16.5. The van der Waals surface area contributed by atoms with Gasteiger partial charge in [0.15, 0.2) is 0 Å². The van der Waals surface area contributed by atoms with E-state index in [0.717, 1.165) is 11.1 Å². The van der Waals surface area contributed by atoms with Gasteiger partial charge in [-0.1, -0.05) is 17.2 Å². The maximum Gasteiger partial charge on any atom is 0.323 e. The number of allylic oxidation sites excluding steroid dienone is 3. The predicted molar refractivity (Wildman–Crippen MR) is 63.5 cm³/mol. The Morgan fingerprint density at radius 2 is 1.81 bits per heavy atom. The Kier molecular flexibility index (Phi) is 6.95. The van der Waals surface area contributed by atoms with Crippen LogP contribution in [-0.2, 0) is 9.53 Å². The zero-order valence-electron chi connectivity index (χ0n) is 10.4. The Bertz CT molecular complexity index is 326. The number of carbonyl (C=O) groups excluding carboxylic acids is 1. The Labute approximate surface area is 97.4 Å². The summed E-state index contributed by atoms with van der Waals surface area (Å²) < 4.78 is 4.97. The van der Waals surface area contributed by atoms with Crippen LogP contribution in [-0.4, -0.2) is 12.6 Å². The quantitative estimate of drug-likeness (QED) is 0.529. The fraction of sp³-hybridized carbons (Fsp3) is 0.538. The largest absolute Gasteiger partial charge is 0.460 e. The first kappa shape index (κ1) is 14.4. The Hall–Kier alpha value is -1.56. The molecule has 0 rings (SSSR count). The molecule has 0 amide bonds. The van der Waals surface area contributed by atoms with Gasteiger partial charge in [0.05, 0.1) is 6.07 Å². The number of ether oxygens (including phenoxy) is 1. The Balaban J connectivity index is 4.18. The maximum absolute atomic E-state index is 11.5. The molecule has 0 spiro atoms. The zero-order chi connectivity index (χ0) is 12.6. The molecule has 3 nitrogen and oxygen atoms in total. The first-order valence-corrected chi connectivity index (χ1v) is 5.30. The summed E-state index contributed by atoms with van der Waals surface area (Å²) in [7, 11) is 0. The number of hydrogen-bond donors (Lipinski definition) is 0. The molecule has 0 aliphatic carbocycles. The second kappa shape index (κ2) is 7.70. The van der Waals surface area contributed by atoms with Crippen LogP contribution in [0.25, 0.3) is 0 Å². The highest BCUT2D eigenvalue weighted by Gasteiger charge is 2.17. The SMILES string of the molecule is CC(C)=CCOC(=O)C(C#N)CC=C(C)C. The van der Waals surface area contributed by atoms with E-state index >= 15 is 0 Å². The standard InChI is InChI=1S/C13H19NO2/c1-10(2)5-6-12(9-14)13(15)16-8-7-11(3)4/h5,7,12H,6,8H2,1-4H3. The van der Waals surface area contributed by atoms with Crippen LogP contribution in [0.2, 0.25) is 0 Å². The molecule has 0 saturated heterocycles. The molecular formula is C13H19NO2. The van der Waals surface area contributed by atoms with Crippen LogP contribution in [0.4, 0.5) is 0 Å². The monoisotopic (exact) mass is 221 g/mol. The normalized spacial score (nSPS) is 10.9. The van der Waals surface area contributed by atoms with Gasteiger partial charge in [-0.15, -0.1) is 0 Å². The molecule has 0 N–H and O–H groups in total. The lowest BCUT2D eigenvalue weighted by Crippen LogP contribution is -2.15. The molecule has 16 heavy (non-hydrogen) atoms. The lowest BCUT2D eigenvalue weighted by molar-refractivity contribution is -0.145. The van der Waals surface area contributed by atoms with Crippen LogP contribution >= 0.6 is 0 Å². The van der Waals surface area contributed by atoms with E-state index in [4.69, 9.17) is 10.00 Å². The molecular weight excluding hydrogens is 202 g/mol. The molecule has 3 heteroatoms. The summed E-state index contributed by atoms with van der Waals surface area (Å²) in [5, 5.41) is 8.82. The number of nitriles is 1. The average molecular weight is 221 g/mol. The van der Waals surface area contributed by atoms with Gasteiger partial charge in [0.1, 0.15) is 12.5 Å². The minimum atomic E-state index is -0.694. The first-order chi connectivity index (χ1) is 7.47. The van der Waals surface area contributed by atoms with E-state index in [0.29, 0.717) is 6.42 Å². The van der Waals surface area contributed by atoms with E-state index in [-0.39, 0.29) is 6.61 Å². The van der Waals surface area contributed by atoms with Gasteiger partial charge >= 0.3 is 5.97 Å². The number of nitrogens with zero attached hydrogens (tertiary/aromatic N) is 1. The van der Waals surface area contributed by atoms with Crippen molar-refractivity contribution >= 4 is 5.97 Å². The van der Waals surface area contributed by atoms with E-state index in [2.05, 4.69) is 0 Å². The van der Waals surface area contributed by atoms with Crippen LogP contribution in [0.5, 0.6) is 0 Å². The minimum Gasteiger partial charge on any atom is -0.460 e. The second-order valence-corrected chi connectivity index (χ2v) is 4.11. The van der Waals surface area contributed by atoms with Crippen molar-refractivity contribution in [3.8, 4) is 6.07 Å². The van der Waals surface area contributed by atoms with Crippen LogP contribution in [0.1, 0.15) is 34.1 Å². The number of rotatable bonds is 5. The molecule has 0 aliphatic heterocycles. The Morgan fingerprint density at radius 3 is 2.25 bits per heavy atom. The van der Waals surface area contributed by atoms with Crippen LogP contribution in [0, 0.1) is 17.2 Å². The van der Waals surface area contributed by atoms with E-state index in [1.165, 1.54) is 0 Å². The topological polar surface area (TPSA) is 50.1 Å². The smallest absolute Gasteiger partial charge is 0.323 e. The van der Waals surface area contributed by atoms with Gasteiger partial charge < -0.3 is 4.74 Å². The van der Waals surface area contributed by atoms with Crippen molar-refractivity contribution < 1.29 is 9.53 Å². The maximum atomic E-state index is 11.5. The number of carbonyl (C=O) groups is 1. The predicted octanol–water partition coefficient (Wildman–Crippen LogP) is 2.99. The molecule has 0 bridgehead atoms. The molecule has 1 unspecified atom stereocenters. The molecule has 0 heterocycles. The van der Waals surface area contributed by atoms with Crippen LogP contribution in [0.15, 0.2) is 23.3 Å². The highest BCUT2D eigenvalue weighted by molar-refractivity contribution is 5.75.